The fourth-order valence-corrected chi connectivity index (χ4v) is 1.31. The fourth-order valence-electron chi connectivity index (χ4n) is 1.31. The molecular formula is C10H16N2O. The Morgan fingerprint density at radius 2 is 2.46 bits per heavy atom. The standard InChI is InChI=1S/C10H16N2O/c1-3-9-6-10(7-13)12-5-4-11-8(9)2/h6-7,12-13H,3-5H2,1-2H3/b9-6-,10-7-,11-8-. The van der Waals surface area contributed by atoms with E-state index in [0.29, 0.717) is 0 Å². The zero-order chi connectivity index (χ0) is 9.68. The second-order valence-electron chi connectivity index (χ2n) is 3.00. The number of aliphatic imine (C=N–C) groups is 1. The molecule has 3 heteroatoms. The van der Waals surface area contributed by atoms with Crippen LogP contribution in [0.1, 0.15) is 20.3 Å². The molecule has 1 aliphatic rings. The number of hydrogen-bond acceptors (Lipinski definition) is 3. The molecule has 2 N–H and O–H groups in total. The van der Waals surface area contributed by atoms with E-state index < -0.39 is 0 Å². The lowest BCUT2D eigenvalue weighted by molar-refractivity contribution is 0.463. The maximum absolute atomic E-state index is 8.90. The molecule has 72 valence electrons. The summed E-state index contributed by atoms with van der Waals surface area (Å²) in [6, 6.07) is 0. The van der Waals surface area contributed by atoms with Crippen molar-refractivity contribution < 1.29 is 5.11 Å². The van der Waals surface area contributed by atoms with Crippen molar-refractivity contribution in [2.24, 2.45) is 4.99 Å². The molecule has 0 aromatic heterocycles. The summed E-state index contributed by atoms with van der Waals surface area (Å²) in [6.45, 7) is 5.63. The smallest absolute Gasteiger partial charge is 0.102 e. The van der Waals surface area contributed by atoms with E-state index in [4.69, 9.17) is 5.11 Å². The van der Waals surface area contributed by atoms with Gasteiger partial charge in [0.1, 0.15) is 6.26 Å². The molecular weight excluding hydrogens is 164 g/mol. The molecule has 0 aliphatic carbocycles. The van der Waals surface area contributed by atoms with Crippen LogP contribution in [-0.2, 0) is 0 Å². The fraction of sp³-hybridized carbons (Fsp3) is 0.500. The van der Waals surface area contributed by atoms with E-state index >= 15 is 0 Å². The van der Waals surface area contributed by atoms with Crippen molar-refractivity contribution in [3.8, 4) is 0 Å². The van der Waals surface area contributed by atoms with Crippen LogP contribution in [0.2, 0.25) is 0 Å². The Hall–Kier alpha value is -1.25. The molecule has 0 radical (unpaired) electrons. The van der Waals surface area contributed by atoms with Gasteiger partial charge in [-0.05, 0) is 25.0 Å². The molecule has 0 amide bonds. The van der Waals surface area contributed by atoms with Gasteiger partial charge in [-0.3, -0.25) is 4.99 Å². The average Bonchev–Trinajstić information content (AvgIpc) is 2.13. The number of aliphatic hydroxyl groups is 1. The number of nitrogens with zero attached hydrogens (tertiary/aromatic N) is 1. The summed E-state index contributed by atoms with van der Waals surface area (Å²) in [4.78, 5) is 4.38. The van der Waals surface area contributed by atoms with Gasteiger partial charge >= 0.3 is 0 Å². The average molecular weight is 180 g/mol. The van der Waals surface area contributed by atoms with Crippen molar-refractivity contribution in [3.63, 3.8) is 0 Å². The molecule has 13 heavy (non-hydrogen) atoms. The zero-order valence-corrected chi connectivity index (χ0v) is 8.17. The van der Waals surface area contributed by atoms with Crippen molar-refractivity contribution in [1.82, 2.24) is 5.32 Å². The largest absolute Gasteiger partial charge is 0.513 e. The van der Waals surface area contributed by atoms with Gasteiger partial charge in [0.15, 0.2) is 0 Å². The first-order valence-corrected chi connectivity index (χ1v) is 4.58. The van der Waals surface area contributed by atoms with Crippen LogP contribution in [0, 0.1) is 0 Å². The lowest BCUT2D eigenvalue weighted by Crippen LogP contribution is -2.19. The van der Waals surface area contributed by atoms with E-state index in [0.717, 1.165) is 37.2 Å². The first-order valence-electron chi connectivity index (χ1n) is 4.58. The summed E-state index contributed by atoms with van der Waals surface area (Å²) < 4.78 is 0. The zero-order valence-electron chi connectivity index (χ0n) is 8.17. The van der Waals surface area contributed by atoms with Crippen molar-refractivity contribution in [2.75, 3.05) is 13.1 Å². The Bertz CT molecular complexity index is 264. The second kappa shape index (κ2) is 4.70. The predicted molar refractivity (Wildman–Crippen MR) is 55.1 cm³/mol. The highest BCUT2D eigenvalue weighted by Crippen LogP contribution is 2.08. The quantitative estimate of drug-likeness (QED) is 0.604. The van der Waals surface area contributed by atoms with Gasteiger partial charge in [0.25, 0.3) is 0 Å². The number of allylic oxidation sites excluding steroid dienone is 2. The third-order valence-electron chi connectivity index (χ3n) is 2.10. The molecule has 0 aromatic rings. The van der Waals surface area contributed by atoms with Gasteiger partial charge in [0.05, 0.1) is 12.2 Å². The Morgan fingerprint density at radius 1 is 1.69 bits per heavy atom. The highest BCUT2D eigenvalue weighted by Gasteiger charge is 2.03. The lowest BCUT2D eigenvalue weighted by Gasteiger charge is -2.12. The molecule has 1 heterocycles. The van der Waals surface area contributed by atoms with E-state index in [9.17, 15) is 0 Å². The van der Waals surface area contributed by atoms with Crippen molar-refractivity contribution in [1.29, 1.82) is 0 Å². The van der Waals surface area contributed by atoms with Gasteiger partial charge < -0.3 is 10.4 Å². The van der Waals surface area contributed by atoms with Crippen molar-refractivity contribution in [2.45, 2.75) is 20.3 Å². The van der Waals surface area contributed by atoms with Gasteiger partial charge in [0.2, 0.25) is 0 Å². The first-order chi connectivity index (χ1) is 6.27. The normalized spacial score (nSPS) is 29.2. The number of rotatable bonds is 1. The Kier molecular flexibility index (Phi) is 3.55. The highest BCUT2D eigenvalue weighted by atomic mass is 16.2. The summed E-state index contributed by atoms with van der Waals surface area (Å²) in [5, 5.41) is 12.0. The first kappa shape index (κ1) is 9.84. The topological polar surface area (TPSA) is 44.6 Å². The van der Waals surface area contributed by atoms with Crippen LogP contribution in [0.4, 0.5) is 0 Å². The Morgan fingerprint density at radius 3 is 3.08 bits per heavy atom. The van der Waals surface area contributed by atoms with E-state index in [1.54, 1.807) is 0 Å². The number of nitrogens with one attached hydrogen (secondary N) is 1. The molecule has 3 nitrogen and oxygen atoms in total. The van der Waals surface area contributed by atoms with Crippen LogP contribution < -0.4 is 5.32 Å². The maximum Gasteiger partial charge on any atom is 0.102 e. The molecule has 0 bridgehead atoms. The summed E-state index contributed by atoms with van der Waals surface area (Å²) in [5.74, 6) is 0. The third kappa shape index (κ3) is 2.61. The second-order valence-corrected chi connectivity index (χ2v) is 3.00. The van der Waals surface area contributed by atoms with Crippen molar-refractivity contribution in [3.05, 3.63) is 23.6 Å². The monoisotopic (exact) mass is 180 g/mol. The van der Waals surface area contributed by atoms with Crippen LogP contribution in [0.25, 0.3) is 0 Å². The Balaban J connectivity index is 2.93. The molecule has 1 aliphatic heterocycles. The molecule has 0 spiro atoms. The molecule has 0 unspecified atom stereocenters. The minimum Gasteiger partial charge on any atom is -0.513 e. The van der Waals surface area contributed by atoms with Crippen LogP contribution in [-0.4, -0.2) is 23.9 Å². The number of hydrogen-bond donors (Lipinski definition) is 2. The molecule has 0 saturated carbocycles. The minimum absolute atomic E-state index is 0.764. The molecule has 0 fully saturated rings. The molecule has 0 aromatic carbocycles. The van der Waals surface area contributed by atoms with Gasteiger partial charge in [-0.2, -0.15) is 0 Å². The third-order valence-corrected chi connectivity index (χ3v) is 2.10. The van der Waals surface area contributed by atoms with E-state index in [1.165, 1.54) is 5.57 Å². The molecule has 0 saturated heterocycles. The van der Waals surface area contributed by atoms with Gasteiger partial charge in [0, 0.05) is 12.3 Å². The predicted octanol–water partition coefficient (Wildman–Crippen LogP) is 1.79. The van der Waals surface area contributed by atoms with E-state index in [2.05, 4.69) is 17.2 Å². The maximum atomic E-state index is 8.90. The van der Waals surface area contributed by atoms with Gasteiger partial charge in [-0.15, -0.1) is 0 Å². The molecule has 0 atom stereocenters. The minimum atomic E-state index is 0.764. The molecule has 1 rings (SSSR count). The summed E-state index contributed by atoms with van der Waals surface area (Å²) >= 11 is 0. The summed E-state index contributed by atoms with van der Waals surface area (Å²) in [6.07, 6.45) is 3.99. The van der Waals surface area contributed by atoms with Gasteiger partial charge in [-0.25, -0.2) is 0 Å². The van der Waals surface area contributed by atoms with Crippen LogP contribution in [0.15, 0.2) is 28.6 Å². The highest BCUT2D eigenvalue weighted by molar-refractivity contribution is 5.98. The van der Waals surface area contributed by atoms with Crippen LogP contribution in [0.3, 0.4) is 0 Å². The number of aliphatic hydroxyl groups excluding tert-OH is 1. The summed E-state index contributed by atoms with van der Waals surface area (Å²) in [5.41, 5.74) is 3.02. The lowest BCUT2D eigenvalue weighted by atomic mass is 10.1. The van der Waals surface area contributed by atoms with Crippen molar-refractivity contribution >= 4 is 5.71 Å². The van der Waals surface area contributed by atoms with E-state index in [-0.39, 0.29) is 0 Å². The van der Waals surface area contributed by atoms with Crippen LogP contribution >= 0.6 is 0 Å². The van der Waals surface area contributed by atoms with Crippen LogP contribution in [0.5, 0.6) is 0 Å². The van der Waals surface area contributed by atoms with Gasteiger partial charge in [-0.1, -0.05) is 6.92 Å². The SMILES string of the molecule is CCC1=C/C(=C/O)NCC/N=C\1C. The van der Waals surface area contributed by atoms with E-state index in [1.807, 2.05) is 13.0 Å². The summed E-state index contributed by atoms with van der Waals surface area (Å²) in [7, 11) is 0. The Labute approximate surface area is 78.9 Å².